The molecule has 0 bridgehead atoms. The van der Waals surface area contributed by atoms with E-state index in [1.165, 1.54) is 0 Å². The highest BCUT2D eigenvalue weighted by molar-refractivity contribution is 4.92. The first-order chi connectivity index (χ1) is 6.36. The summed E-state index contributed by atoms with van der Waals surface area (Å²) in [4.78, 5) is 0. The molecule has 4 heteroatoms. The van der Waals surface area contributed by atoms with Gasteiger partial charge in [-0.3, -0.25) is 4.68 Å². The molecule has 0 saturated heterocycles. The van der Waals surface area contributed by atoms with Gasteiger partial charge in [-0.05, 0) is 32.9 Å². The summed E-state index contributed by atoms with van der Waals surface area (Å²) in [5.41, 5.74) is 1.10. The van der Waals surface area contributed by atoms with Crippen LogP contribution in [0.15, 0.2) is 6.20 Å². The minimum Gasteiger partial charge on any atom is -0.320 e. The van der Waals surface area contributed by atoms with Crippen LogP contribution in [0, 0.1) is 0 Å². The van der Waals surface area contributed by atoms with Crippen LogP contribution in [-0.2, 0) is 13.0 Å². The van der Waals surface area contributed by atoms with Crippen molar-refractivity contribution in [3.63, 3.8) is 0 Å². The summed E-state index contributed by atoms with van der Waals surface area (Å²) >= 11 is 0. The molecule has 0 amide bonds. The van der Waals surface area contributed by atoms with Gasteiger partial charge in [-0.25, -0.2) is 0 Å². The van der Waals surface area contributed by atoms with Crippen molar-refractivity contribution in [2.45, 2.75) is 32.7 Å². The molecule has 1 aromatic heterocycles. The SMILES string of the molecule is CCCn1cc(CCCNC)nn1. The highest BCUT2D eigenvalue weighted by atomic mass is 15.4. The Balaban J connectivity index is 2.31. The van der Waals surface area contributed by atoms with Crippen LogP contribution in [0.1, 0.15) is 25.5 Å². The van der Waals surface area contributed by atoms with Crippen molar-refractivity contribution in [1.29, 1.82) is 0 Å². The summed E-state index contributed by atoms with van der Waals surface area (Å²) in [7, 11) is 1.97. The van der Waals surface area contributed by atoms with E-state index in [9.17, 15) is 0 Å². The summed E-state index contributed by atoms with van der Waals surface area (Å²) in [6.07, 6.45) is 5.30. The second-order valence-electron chi connectivity index (χ2n) is 3.18. The first-order valence-electron chi connectivity index (χ1n) is 4.90. The van der Waals surface area contributed by atoms with Crippen LogP contribution in [0.3, 0.4) is 0 Å². The number of hydrogen-bond donors (Lipinski definition) is 1. The van der Waals surface area contributed by atoms with Gasteiger partial charge in [-0.1, -0.05) is 12.1 Å². The topological polar surface area (TPSA) is 42.7 Å². The van der Waals surface area contributed by atoms with Crippen molar-refractivity contribution in [3.05, 3.63) is 11.9 Å². The average Bonchev–Trinajstić information content (AvgIpc) is 2.54. The van der Waals surface area contributed by atoms with E-state index in [2.05, 4.69) is 22.6 Å². The lowest BCUT2D eigenvalue weighted by atomic mass is 10.2. The Hall–Kier alpha value is -0.900. The summed E-state index contributed by atoms with van der Waals surface area (Å²) in [5.74, 6) is 0. The standard InChI is InChI=1S/C9H18N4/c1-3-7-13-8-9(11-12-13)5-4-6-10-2/h8,10H,3-7H2,1-2H3. The van der Waals surface area contributed by atoms with E-state index >= 15 is 0 Å². The van der Waals surface area contributed by atoms with Gasteiger partial charge >= 0.3 is 0 Å². The summed E-state index contributed by atoms with van der Waals surface area (Å²) < 4.78 is 1.91. The third-order valence-corrected chi connectivity index (χ3v) is 1.90. The zero-order valence-electron chi connectivity index (χ0n) is 8.45. The lowest BCUT2D eigenvalue weighted by Crippen LogP contribution is -2.08. The number of rotatable bonds is 6. The van der Waals surface area contributed by atoms with Gasteiger partial charge in [-0.2, -0.15) is 0 Å². The monoisotopic (exact) mass is 182 g/mol. The van der Waals surface area contributed by atoms with Crippen molar-refractivity contribution in [3.8, 4) is 0 Å². The summed E-state index contributed by atoms with van der Waals surface area (Å²) in [5, 5.41) is 11.2. The summed E-state index contributed by atoms with van der Waals surface area (Å²) in [6.45, 7) is 4.15. The fraction of sp³-hybridized carbons (Fsp3) is 0.778. The predicted octanol–water partition coefficient (Wildman–Crippen LogP) is 0.840. The average molecular weight is 182 g/mol. The van der Waals surface area contributed by atoms with Crippen molar-refractivity contribution in [2.75, 3.05) is 13.6 Å². The molecular formula is C9H18N4. The Labute approximate surface area is 79.3 Å². The molecule has 0 fully saturated rings. The predicted molar refractivity (Wildman–Crippen MR) is 52.6 cm³/mol. The molecule has 1 aromatic rings. The second kappa shape index (κ2) is 5.70. The Morgan fingerprint density at radius 3 is 3.08 bits per heavy atom. The Morgan fingerprint density at radius 1 is 1.54 bits per heavy atom. The number of nitrogens with one attached hydrogen (secondary N) is 1. The number of aromatic nitrogens is 3. The molecular weight excluding hydrogens is 164 g/mol. The number of hydrogen-bond acceptors (Lipinski definition) is 3. The van der Waals surface area contributed by atoms with Crippen molar-refractivity contribution < 1.29 is 0 Å². The van der Waals surface area contributed by atoms with E-state index in [4.69, 9.17) is 0 Å². The minimum atomic E-state index is 0.971. The van der Waals surface area contributed by atoms with E-state index in [1.54, 1.807) is 0 Å². The highest BCUT2D eigenvalue weighted by Gasteiger charge is 1.98. The Bertz CT molecular complexity index is 231. The van der Waals surface area contributed by atoms with Gasteiger partial charge in [0.05, 0.1) is 5.69 Å². The van der Waals surface area contributed by atoms with Crippen LogP contribution in [-0.4, -0.2) is 28.6 Å². The van der Waals surface area contributed by atoms with Crippen LogP contribution in [0.2, 0.25) is 0 Å². The maximum Gasteiger partial charge on any atom is 0.0827 e. The number of nitrogens with zero attached hydrogens (tertiary/aromatic N) is 3. The lowest BCUT2D eigenvalue weighted by Gasteiger charge is -1.95. The van der Waals surface area contributed by atoms with Crippen LogP contribution in [0.25, 0.3) is 0 Å². The van der Waals surface area contributed by atoms with Gasteiger partial charge in [0.15, 0.2) is 0 Å². The van der Waals surface area contributed by atoms with E-state index in [0.717, 1.165) is 38.0 Å². The van der Waals surface area contributed by atoms with Gasteiger partial charge < -0.3 is 5.32 Å². The van der Waals surface area contributed by atoms with E-state index in [0.29, 0.717) is 0 Å². The molecule has 0 unspecified atom stereocenters. The molecule has 0 aliphatic heterocycles. The lowest BCUT2D eigenvalue weighted by molar-refractivity contribution is 0.578. The van der Waals surface area contributed by atoms with Crippen LogP contribution < -0.4 is 5.32 Å². The quantitative estimate of drug-likeness (QED) is 0.663. The Kier molecular flexibility index (Phi) is 4.46. The number of aryl methyl sites for hydroxylation is 2. The maximum atomic E-state index is 4.09. The van der Waals surface area contributed by atoms with Crippen molar-refractivity contribution >= 4 is 0 Å². The Morgan fingerprint density at radius 2 is 2.38 bits per heavy atom. The van der Waals surface area contributed by atoms with Gasteiger partial charge in [-0.15, -0.1) is 5.10 Å². The molecule has 0 spiro atoms. The molecule has 13 heavy (non-hydrogen) atoms. The fourth-order valence-electron chi connectivity index (χ4n) is 1.24. The molecule has 1 heterocycles. The maximum absolute atomic E-state index is 4.09. The smallest absolute Gasteiger partial charge is 0.0827 e. The molecule has 0 atom stereocenters. The first-order valence-corrected chi connectivity index (χ1v) is 4.90. The van der Waals surface area contributed by atoms with Crippen LogP contribution in [0.5, 0.6) is 0 Å². The molecule has 4 nitrogen and oxygen atoms in total. The highest BCUT2D eigenvalue weighted by Crippen LogP contribution is 1.97. The van der Waals surface area contributed by atoms with E-state index < -0.39 is 0 Å². The molecule has 0 saturated carbocycles. The second-order valence-corrected chi connectivity index (χ2v) is 3.18. The molecule has 0 radical (unpaired) electrons. The summed E-state index contributed by atoms with van der Waals surface area (Å²) in [6, 6.07) is 0. The zero-order valence-corrected chi connectivity index (χ0v) is 8.45. The zero-order chi connectivity index (χ0) is 9.52. The van der Waals surface area contributed by atoms with Gasteiger partial charge in [0, 0.05) is 12.7 Å². The van der Waals surface area contributed by atoms with E-state index in [-0.39, 0.29) is 0 Å². The molecule has 1 rings (SSSR count). The van der Waals surface area contributed by atoms with Gasteiger partial charge in [0.2, 0.25) is 0 Å². The third-order valence-electron chi connectivity index (χ3n) is 1.90. The van der Waals surface area contributed by atoms with E-state index in [1.807, 2.05) is 17.9 Å². The fourth-order valence-corrected chi connectivity index (χ4v) is 1.24. The first kappa shape index (κ1) is 10.2. The minimum absolute atomic E-state index is 0.971. The molecule has 74 valence electrons. The van der Waals surface area contributed by atoms with Crippen molar-refractivity contribution in [1.82, 2.24) is 20.3 Å². The van der Waals surface area contributed by atoms with Crippen LogP contribution >= 0.6 is 0 Å². The largest absolute Gasteiger partial charge is 0.320 e. The molecule has 0 aliphatic rings. The van der Waals surface area contributed by atoms with Crippen LogP contribution in [0.4, 0.5) is 0 Å². The molecule has 0 aromatic carbocycles. The van der Waals surface area contributed by atoms with Gasteiger partial charge in [0.1, 0.15) is 0 Å². The van der Waals surface area contributed by atoms with Gasteiger partial charge in [0.25, 0.3) is 0 Å². The normalized spacial score (nSPS) is 10.6. The molecule has 1 N–H and O–H groups in total. The molecule has 0 aliphatic carbocycles. The van der Waals surface area contributed by atoms with Crippen molar-refractivity contribution in [2.24, 2.45) is 0 Å². The third kappa shape index (κ3) is 3.55.